The summed E-state index contributed by atoms with van der Waals surface area (Å²) < 4.78 is 16.5. The van der Waals surface area contributed by atoms with E-state index in [1.165, 1.54) is 6.92 Å². The van der Waals surface area contributed by atoms with E-state index in [-0.39, 0.29) is 17.8 Å². The lowest BCUT2D eigenvalue weighted by molar-refractivity contribution is -0.125. The molecule has 0 fully saturated rings. The van der Waals surface area contributed by atoms with Crippen LogP contribution in [0, 0.1) is 5.41 Å². The number of carbonyl (C=O) groups is 1. The zero-order chi connectivity index (χ0) is 14.6. The summed E-state index contributed by atoms with van der Waals surface area (Å²) in [5.74, 6) is 0.0176. The second kappa shape index (κ2) is 10.9. The second-order valence-electron chi connectivity index (χ2n) is 4.66. The first-order chi connectivity index (χ1) is 9.10. The third-order valence-corrected chi connectivity index (χ3v) is 2.75. The molecule has 0 spiro atoms. The molecule has 0 heterocycles. The monoisotopic (exact) mass is 270 g/mol. The third kappa shape index (κ3) is 8.70. The summed E-state index contributed by atoms with van der Waals surface area (Å²) in [6.45, 7) is 13.4. The van der Waals surface area contributed by atoms with Crippen molar-refractivity contribution < 1.29 is 19.0 Å². The van der Waals surface area contributed by atoms with Gasteiger partial charge in [0.05, 0.1) is 33.0 Å². The van der Waals surface area contributed by atoms with Crippen molar-refractivity contribution in [1.82, 2.24) is 0 Å². The molecule has 0 atom stereocenters. The molecule has 0 radical (unpaired) electrons. The van der Waals surface area contributed by atoms with Gasteiger partial charge in [0.15, 0.2) is 5.78 Å². The SMILES string of the molecule is C=CCOCC(CC)(COCC=C)COCC(C)=O. The zero-order valence-corrected chi connectivity index (χ0v) is 12.2. The predicted molar refractivity (Wildman–Crippen MR) is 76.3 cm³/mol. The van der Waals surface area contributed by atoms with Gasteiger partial charge in [0, 0.05) is 5.41 Å². The minimum atomic E-state index is -0.235. The van der Waals surface area contributed by atoms with Gasteiger partial charge < -0.3 is 14.2 Å². The van der Waals surface area contributed by atoms with E-state index >= 15 is 0 Å². The van der Waals surface area contributed by atoms with Crippen LogP contribution in [-0.4, -0.2) is 45.4 Å². The average Bonchev–Trinajstić information content (AvgIpc) is 2.38. The molecule has 0 aliphatic carbocycles. The van der Waals surface area contributed by atoms with Gasteiger partial charge in [0.2, 0.25) is 0 Å². The van der Waals surface area contributed by atoms with Gasteiger partial charge in [-0.25, -0.2) is 0 Å². The molecule has 4 heteroatoms. The van der Waals surface area contributed by atoms with Gasteiger partial charge in [-0.15, -0.1) is 13.2 Å². The van der Waals surface area contributed by atoms with Gasteiger partial charge in [0.25, 0.3) is 0 Å². The Morgan fingerprint density at radius 3 is 1.89 bits per heavy atom. The Kier molecular flexibility index (Phi) is 10.4. The summed E-state index contributed by atoms with van der Waals surface area (Å²) in [4.78, 5) is 10.9. The Morgan fingerprint density at radius 1 is 1.05 bits per heavy atom. The third-order valence-electron chi connectivity index (χ3n) is 2.75. The smallest absolute Gasteiger partial charge is 0.155 e. The van der Waals surface area contributed by atoms with Crippen molar-refractivity contribution in [3.63, 3.8) is 0 Å². The molecular weight excluding hydrogens is 244 g/mol. The van der Waals surface area contributed by atoms with Crippen LogP contribution < -0.4 is 0 Å². The van der Waals surface area contributed by atoms with Gasteiger partial charge in [-0.1, -0.05) is 19.1 Å². The lowest BCUT2D eigenvalue weighted by atomic mass is 9.88. The zero-order valence-electron chi connectivity index (χ0n) is 12.2. The summed E-state index contributed by atoms with van der Waals surface area (Å²) >= 11 is 0. The Morgan fingerprint density at radius 2 is 1.53 bits per heavy atom. The fourth-order valence-electron chi connectivity index (χ4n) is 1.56. The normalized spacial score (nSPS) is 11.3. The summed E-state index contributed by atoms with van der Waals surface area (Å²) in [6, 6.07) is 0. The van der Waals surface area contributed by atoms with E-state index in [1.807, 2.05) is 0 Å². The molecular formula is C15H26O4. The number of ketones is 1. The molecule has 0 aromatic rings. The molecule has 0 unspecified atom stereocenters. The fourth-order valence-corrected chi connectivity index (χ4v) is 1.56. The summed E-state index contributed by atoms with van der Waals surface area (Å²) in [7, 11) is 0. The molecule has 0 N–H and O–H groups in total. The molecule has 0 aliphatic heterocycles. The second-order valence-corrected chi connectivity index (χ2v) is 4.66. The molecule has 0 amide bonds. The quantitative estimate of drug-likeness (QED) is 0.381. The number of hydrogen-bond acceptors (Lipinski definition) is 4. The predicted octanol–water partition coefficient (Wildman–Crippen LogP) is 2.39. The van der Waals surface area contributed by atoms with Gasteiger partial charge in [-0.05, 0) is 13.3 Å². The molecule has 0 aromatic carbocycles. The maximum Gasteiger partial charge on any atom is 0.155 e. The van der Waals surface area contributed by atoms with Crippen LogP contribution in [0.5, 0.6) is 0 Å². The van der Waals surface area contributed by atoms with Crippen molar-refractivity contribution in [3.8, 4) is 0 Å². The Bertz CT molecular complexity index is 259. The molecule has 0 saturated carbocycles. The van der Waals surface area contributed by atoms with E-state index in [2.05, 4.69) is 20.1 Å². The van der Waals surface area contributed by atoms with Crippen LogP contribution in [0.25, 0.3) is 0 Å². The van der Waals surface area contributed by atoms with Crippen LogP contribution in [0.4, 0.5) is 0 Å². The van der Waals surface area contributed by atoms with Crippen LogP contribution in [0.15, 0.2) is 25.3 Å². The van der Waals surface area contributed by atoms with E-state index < -0.39 is 0 Å². The summed E-state index contributed by atoms with van der Waals surface area (Å²) in [5.41, 5.74) is -0.235. The highest BCUT2D eigenvalue weighted by Crippen LogP contribution is 2.24. The van der Waals surface area contributed by atoms with Gasteiger partial charge >= 0.3 is 0 Å². The molecule has 4 nitrogen and oxygen atoms in total. The summed E-state index contributed by atoms with van der Waals surface area (Å²) in [6.07, 6.45) is 4.27. The van der Waals surface area contributed by atoms with E-state index in [0.29, 0.717) is 33.0 Å². The largest absolute Gasteiger partial charge is 0.377 e. The van der Waals surface area contributed by atoms with Crippen LogP contribution in [-0.2, 0) is 19.0 Å². The minimum Gasteiger partial charge on any atom is -0.377 e. The highest BCUT2D eigenvalue weighted by Gasteiger charge is 2.29. The number of Topliss-reactive ketones (excluding diaryl/α,β-unsaturated/α-hetero) is 1. The number of carbonyl (C=O) groups excluding carboxylic acids is 1. The lowest BCUT2D eigenvalue weighted by Crippen LogP contribution is -2.37. The summed E-state index contributed by atoms with van der Waals surface area (Å²) in [5, 5.41) is 0. The van der Waals surface area contributed by atoms with E-state index in [0.717, 1.165) is 6.42 Å². The van der Waals surface area contributed by atoms with Gasteiger partial charge in [0.1, 0.15) is 6.61 Å². The Hall–Kier alpha value is -0.970. The first-order valence-electron chi connectivity index (χ1n) is 6.54. The fraction of sp³-hybridized carbons (Fsp3) is 0.667. The molecule has 0 bridgehead atoms. The van der Waals surface area contributed by atoms with Crippen LogP contribution in [0.2, 0.25) is 0 Å². The highest BCUT2D eigenvalue weighted by atomic mass is 16.5. The minimum absolute atomic E-state index is 0.0176. The molecule has 110 valence electrons. The van der Waals surface area contributed by atoms with Crippen molar-refractivity contribution in [2.45, 2.75) is 20.3 Å². The van der Waals surface area contributed by atoms with E-state index in [9.17, 15) is 4.79 Å². The van der Waals surface area contributed by atoms with Crippen molar-refractivity contribution >= 4 is 5.78 Å². The Labute approximate surface area is 116 Å². The van der Waals surface area contributed by atoms with Crippen LogP contribution in [0.1, 0.15) is 20.3 Å². The molecule has 0 saturated heterocycles. The number of ether oxygens (including phenoxy) is 3. The molecule has 0 aromatic heterocycles. The van der Waals surface area contributed by atoms with Crippen molar-refractivity contribution in [3.05, 3.63) is 25.3 Å². The van der Waals surface area contributed by atoms with Crippen molar-refractivity contribution in [1.29, 1.82) is 0 Å². The van der Waals surface area contributed by atoms with Crippen LogP contribution >= 0.6 is 0 Å². The maximum absolute atomic E-state index is 10.9. The van der Waals surface area contributed by atoms with Crippen molar-refractivity contribution in [2.24, 2.45) is 5.41 Å². The maximum atomic E-state index is 10.9. The number of hydrogen-bond donors (Lipinski definition) is 0. The van der Waals surface area contributed by atoms with Gasteiger partial charge in [-0.2, -0.15) is 0 Å². The molecule has 0 rings (SSSR count). The number of rotatable bonds is 13. The highest BCUT2D eigenvalue weighted by molar-refractivity contribution is 5.76. The van der Waals surface area contributed by atoms with E-state index in [4.69, 9.17) is 14.2 Å². The molecule has 19 heavy (non-hydrogen) atoms. The lowest BCUT2D eigenvalue weighted by Gasteiger charge is -2.31. The first-order valence-corrected chi connectivity index (χ1v) is 6.54. The standard InChI is InChI=1S/C15H26O4/c1-5-8-17-11-15(7-3,12-18-9-6-2)13-19-10-14(4)16/h5-6H,1-2,7-13H2,3-4H3. The van der Waals surface area contributed by atoms with Crippen molar-refractivity contribution in [2.75, 3.05) is 39.6 Å². The molecule has 0 aliphatic rings. The Balaban J connectivity index is 4.39. The average molecular weight is 270 g/mol. The topological polar surface area (TPSA) is 44.8 Å². The van der Waals surface area contributed by atoms with E-state index in [1.54, 1.807) is 12.2 Å². The van der Waals surface area contributed by atoms with Crippen LogP contribution in [0.3, 0.4) is 0 Å². The first kappa shape index (κ1) is 18.0. The van der Waals surface area contributed by atoms with Gasteiger partial charge in [-0.3, -0.25) is 4.79 Å².